The van der Waals surface area contributed by atoms with Gasteiger partial charge in [-0.1, -0.05) is 65.2 Å². The smallest absolute Gasteiger partial charge is 0.337 e. The van der Waals surface area contributed by atoms with Crippen molar-refractivity contribution in [1.82, 2.24) is 0 Å². The Balaban J connectivity index is 2.64. The van der Waals surface area contributed by atoms with Crippen LogP contribution in [0.1, 0.15) is 81.1 Å². The van der Waals surface area contributed by atoms with Crippen LogP contribution in [0, 0.1) is 5.92 Å². The first kappa shape index (κ1) is 18.7. The van der Waals surface area contributed by atoms with Crippen LogP contribution < -0.4 is 0 Å². The van der Waals surface area contributed by atoms with Gasteiger partial charge in [-0.2, -0.15) is 0 Å². The summed E-state index contributed by atoms with van der Waals surface area (Å²) in [5, 5.41) is 11.4. The third-order valence-corrected chi connectivity index (χ3v) is 5.75. The van der Waals surface area contributed by atoms with Crippen molar-refractivity contribution in [2.24, 2.45) is 5.92 Å². The van der Waals surface area contributed by atoms with Crippen molar-refractivity contribution in [2.45, 2.75) is 71.6 Å². The molecule has 1 heterocycles. The predicted octanol–water partition coefficient (Wildman–Crippen LogP) is 6.53. The minimum Gasteiger partial charge on any atom is -0.478 e. The van der Waals surface area contributed by atoms with Crippen molar-refractivity contribution < 1.29 is 9.90 Å². The molecule has 1 aromatic rings. The van der Waals surface area contributed by atoms with E-state index in [1.54, 1.807) is 0 Å². The van der Waals surface area contributed by atoms with E-state index >= 15 is 0 Å². The van der Waals surface area contributed by atoms with Crippen LogP contribution in [0.3, 0.4) is 0 Å². The third-order valence-electron chi connectivity index (χ3n) is 3.98. The maximum absolute atomic E-state index is 11.4. The normalized spacial score (nSPS) is 12.5. The molecule has 1 unspecified atom stereocenters. The van der Waals surface area contributed by atoms with Crippen molar-refractivity contribution in [2.75, 3.05) is 0 Å². The number of unbranched alkanes of at least 4 members (excludes halogenated alkanes) is 4. The van der Waals surface area contributed by atoms with Gasteiger partial charge in [0.1, 0.15) is 0 Å². The molecule has 1 rings (SSSR count). The molecule has 0 fully saturated rings. The summed E-state index contributed by atoms with van der Waals surface area (Å²) in [6.45, 7) is 4.45. The second kappa shape index (κ2) is 10.4. The van der Waals surface area contributed by atoms with E-state index in [2.05, 4.69) is 29.8 Å². The summed E-state index contributed by atoms with van der Waals surface area (Å²) < 4.78 is 0.755. The number of hydrogen-bond acceptors (Lipinski definition) is 2. The molecule has 0 spiro atoms. The second-order valence-electron chi connectivity index (χ2n) is 5.78. The lowest BCUT2D eigenvalue weighted by molar-refractivity contribution is 0.0695. The topological polar surface area (TPSA) is 37.3 Å². The van der Waals surface area contributed by atoms with E-state index in [4.69, 9.17) is 0 Å². The number of aromatic carboxylic acids is 1. The number of carboxylic acids is 1. The van der Waals surface area contributed by atoms with Crippen LogP contribution in [0.5, 0.6) is 0 Å². The summed E-state index contributed by atoms with van der Waals surface area (Å²) in [5.74, 6) is -0.181. The summed E-state index contributed by atoms with van der Waals surface area (Å²) in [6.07, 6.45) is 11.0. The molecule has 0 aliphatic heterocycles. The molecule has 120 valence electrons. The van der Waals surface area contributed by atoms with Gasteiger partial charge in [0.2, 0.25) is 0 Å². The van der Waals surface area contributed by atoms with Crippen molar-refractivity contribution in [1.29, 1.82) is 0 Å². The highest BCUT2D eigenvalue weighted by Gasteiger charge is 2.19. The summed E-state index contributed by atoms with van der Waals surface area (Å²) >= 11 is 4.86. The summed E-state index contributed by atoms with van der Waals surface area (Å²) in [7, 11) is 0. The minimum absolute atomic E-state index is 0.482. The van der Waals surface area contributed by atoms with Crippen molar-refractivity contribution in [3.05, 3.63) is 20.3 Å². The summed E-state index contributed by atoms with van der Waals surface area (Å²) in [4.78, 5) is 11.4. The van der Waals surface area contributed by atoms with Crippen LogP contribution in [0.2, 0.25) is 0 Å². The molecule has 4 heteroatoms. The predicted molar refractivity (Wildman–Crippen MR) is 94.5 cm³/mol. The van der Waals surface area contributed by atoms with Gasteiger partial charge in [-0.05, 0) is 39.2 Å². The van der Waals surface area contributed by atoms with E-state index in [-0.39, 0.29) is 0 Å². The Morgan fingerprint density at radius 1 is 1.19 bits per heavy atom. The minimum atomic E-state index is -0.807. The van der Waals surface area contributed by atoms with E-state index in [1.807, 2.05) is 5.38 Å². The first-order chi connectivity index (χ1) is 10.1. The molecule has 1 aromatic heterocycles. The zero-order valence-electron chi connectivity index (χ0n) is 13.2. The number of thiophene rings is 1. The summed E-state index contributed by atoms with van der Waals surface area (Å²) in [5.41, 5.74) is 1.49. The first-order valence-electron chi connectivity index (χ1n) is 8.09. The number of hydrogen-bond donors (Lipinski definition) is 1. The molecule has 21 heavy (non-hydrogen) atoms. The van der Waals surface area contributed by atoms with Crippen LogP contribution >= 0.6 is 27.3 Å². The zero-order chi connectivity index (χ0) is 15.7. The van der Waals surface area contributed by atoms with Crippen LogP contribution in [-0.2, 0) is 6.42 Å². The molecule has 0 aliphatic carbocycles. The standard InChI is InChI=1S/C17H27BrO2S/c1-3-5-7-8-10-13(9-6-4-2)11-14-12-21-16(18)15(14)17(19)20/h12-13H,3-11H2,1-2H3,(H,19,20). The molecule has 2 nitrogen and oxygen atoms in total. The van der Waals surface area contributed by atoms with Gasteiger partial charge in [-0.15, -0.1) is 11.3 Å². The lowest BCUT2D eigenvalue weighted by atomic mass is 9.89. The van der Waals surface area contributed by atoms with Gasteiger partial charge in [0.05, 0.1) is 9.35 Å². The molecule has 1 atom stereocenters. The molecule has 0 aromatic carbocycles. The number of carbonyl (C=O) groups is 1. The molecular formula is C17H27BrO2S. The maximum Gasteiger partial charge on any atom is 0.337 e. The highest BCUT2D eigenvalue weighted by Crippen LogP contribution is 2.32. The lowest BCUT2D eigenvalue weighted by Crippen LogP contribution is -2.08. The van der Waals surface area contributed by atoms with Crippen molar-refractivity contribution >= 4 is 33.2 Å². The molecule has 0 saturated heterocycles. The Morgan fingerprint density at radius 3 is 2.48 bits per heavy atom. The molecule has 0 saturated carbocycles. The van der Waals surface area contributed by atoms with Crippen molar-refractivity contribution in [3.63, 3.8) is 0 Å². The zero-order valence-corrected chi connectivity index (χ0v) is 15.6. The van der Waals surface area contributed by atoms with Gasteiger partial charge < -0.3 is 5.11 Å². The van der Waals surface area contributed by atoms with E-state index in [0.717, 1.165) is 15.8 Å². The monoisotopic (exact) mass is 374 g/mol. The van der Waals surface area contributed by atoms with Gasteiger partial charge in [0.25, 0.3) is 0 Å². The highest BCUT2D eigenvalue weighted by molar-refractivity contribution is 9.11. The molecule has 1 N–H and O–H groups in total. The quantitative estimate of drug-likeness (QED) is 0.447. The molecule has 0 radical (unpaired) electrons. The van der Waals surface area contributed by atoms with E-state index in [1.165, 1.54) is 62.7 Å². The van der Waals surface area contributed by atoms with E-state index < -0.39 is 5.97 Å². The molecule has 0 amide bonds. The Kier molecular flexibility index (Phi) is 9.25. The van der Waals surface area contributed by atoms with Gasteiger partial charge >= 0.3 is 5.97 Å². The Hall–Kier alpha value is -0.350. The fourth-order valence-corrected chi connectivity index (χ4v) is 4.25. The molecular weight excluding hydrogens is 348 g/mol. The third kappa shape index (κ3) is 6.52. The van der Waals surface area contributed by atoms with Crippen LogP contribution in [-0.4, -0.2) is 11.1 Å². The van der Waals surface area contributed by atoms with Gasteiger partial charge in [-0.3, -0.25) is 0 Å². The van der Waals surface area contributed by atoms with E-state index in [0.29, 0.717) is 11.5 Å². The Bertz CT molecular complexity index is 428. The average Bonchev–Trinajstić information content (AvgIpc) is 2.81. The van der Waals surface area contributed by atoms with Gasteiger partial charge in [0, 0.05) is 0 Å². The highest BCUT2D eigenvalue weighted by atomic mass is 79.9. The lowest BCUT2D eigenvalue weighted by Gasteiger charge is -2.16. The SMILES string of the molecule is CCCCCCC(CCCC)Cc1csc(Br)c1C(=O)O. The molecule has 0 aliphatic rings. The number of rotatable bonds is 11. The van der Waals surface area contributed by atoms with Crippen LogP contribution in [0.4, 0.5) is 0 Å². The van der Waals surface area contributed by atoms with Gasteiger partial charge in [0.15, 0.2) is 0 Å². The second-order valence-corrected chi connectivity index (χ2v) is 7.97. The summed E-state index contributed by atoms with van der Waals surface area (Å²) in [6, 6.07) is 0. The molecule has 0 bridgehead atoms. The fraction of sp³-hybridized carbons (Fsp3) is 0.706. The Labute approximate surface area is 141 Å². The number of carboxylic acid groups (broad SMARTS) is 1. The first-order valence-corrected chi connectivity index (χ1v) is 9.76. The van der Waals surface area contributed by atoms with Crippen LogP contribution in [0.15, 0.2) is 9.17 Å². The van der Waals surface area contributed by atoms with E-state index in [9.17, 15) is 9.90 Å². The average molecular weight is 375 g/mol. The maximum atomic E-state index is 11.4. The fourth-order valence-electron chi connectivity index (χ4n) is 2.75. The van der Waals surface area contributed by atoms with Crippen LogP contribution in [0.25, 0.3) is 0 Å². The Morgan fingerprint density at radius 2 is 1.86 bits per heavy atom. The largest absolute Gasteiger partial charge is 0.478 e. The van der Waals surface area contributed by atoms with Crippen molar-refractivity contribution in [3.8, 4) is 0 Å². The number of halogens is 1. The van der Waals surface area contributed by atoms with Gasteiger partial charge in [-0.25, -0.2) is 4.79 Å².